The Morgan fingerprint density at radius 3 is 2.52 bits per heavy atom. The molecule has 2 heterocycles. The van der Waals surface area contributed by atoms with E-state index in [1.807, 2.05) is 67.5 Å². The fourth-order valence-electron chi connectivity index (χ4n) is 5.90. The fourth-order valence-corrected chi connectivity index (χ4v) is 6.07. The Balaban J connectivity index is 1.32. The summed E-state index contributed by atoms with van der Waals surface area (Å²) in [5, 5.41) is 16.8. The molecule has 0 radical (unpaired) electrons. The predicted molar refractivity (Wildman–Crippen MR) is 189 cm³/mol. The molecule has 3 amide bonds. The van der Waals surface area contributed by atoms with Gasteiger partial charge in [-0.2, -0.15) is 4.68 Å². The minimum atomic E-state index is -0.964. The number of likely N-dealkylation sites (N-methyl/N-ethyl adjacent to an activating group) is 1. The molecule has 0 spiro atoms. The normalized spacial score (nSPS) is 14.1. The predicted octanol–water partition coefficient (Wildman–Crippen LogP) is 5.19. The molecule has 0 aliphatic carbocycles. The lowest BCUT2D eigenvalue weighted by molar-refractivity contribution is -0.135. The monoisotopic (exact) mass is 692 g/mol. The highest BCUT2D eigenvalue weighted by molar-refractivity contribution is 6.31. The molecule has 6 rings (SSSR count). The summed E-state index contributed by atoms with van der Waals surface area (Å²) in [6.45, 7) is 1.52. The number of carbonyl (C=O) groups excluding carboxylic acids is 3. The first-order chi connectivity index (χ1) is 24.2. The van der Waals surface area contributed by atoms with Crippen LogP contribution in [-0.2, 0) is 16.0 Å². The smallest absolute Gasteiger partial charge is 0.251 e. The first kappa shape index (κ1) is 34.2. The number of nitrogens with one attached hydrogen (secondary N) is 2. The molecule has 1 unspecified atom stereocenters. The van der Waals surface area contributed by atoms with Crippen LogP contribution in [-0.4, -0.2) is 81.5 Å². The number of benzene rings is 4. The number of hydrogen-bond acceptors (Lipinski definition) is 7. The van der Waals surface area contributed by atoms with Gasteiger partial charge in [-0.1, -0.05) is 60.1 Å². The fraction of sp³-hybridized carbons (Fsp3) is 0.189. The molecule has 1 aliphatic rings. The van der Waals surface area contributed by atoms with E-state index < -0.39 is 17.8 Å². The van der Waals surface area contributed by atoms with Crippen LogP contribution in [0.4, 0.5) is 10.1 Å². The van der Waals surface area contributed by atoms with Crippen LogP contribution in [0.2, 0.25) is 5.02 Å². The lowest BCUT2D eigenvalue weighted by atomic mass is 9.85. The summed E-state index contributed by atoms with van der Waals surface area (Å²) < 4.78 is 15.7. The van der Waals surface area contributed by atoms with E-state index in [0.717, 1.165) is 23.2 Å². The van der Waals surface area contributed by atoms with Gasteiger partial charge in [0.15, 0.2) is 0 Å². The Hall–Kier alpha value is -5.72. The molecule has 0 fully saturated rings. The van der Waals surface area contributed by atoms with Gasteiger partial charge in [0.1, 0.15) is 18.2 Å². The lowest BCUT2D eigenvalue weighted by Crippen LogP contribution is -2.45. The molecular weight excluding hydrogens is 659 g/mol. The number of aromatic nitrogens is 4. The van der Waals surface area contributed by atoms with E-state index in [1.165, 1.54) is 40.2 Å². The van der Waals surface area contributed by atoms with Crippen LogP contribution in [0.1, 0.15) is 33.1 Å². The van der Waals surface area contributed by atoms with Crippen molar-refractivity contribution in [1.29, 1.82) is 0 Å². The number of carbonyl (C=O) groups is 3. The van der Waals surface area contributed by atoms with Crippen molar-refractivity contribution in [3.8, 4) is 16.8 Å². The molecule has 4 aromatic carbocycles. The van der Waals surface area contributed by atoms with E-state index in [1.54, 1.807) is 24.3 Å². The van der Waals surface area contributed by atoms with Crippen molar-refractivity contribution in [2.75, 3.05) is 39.0 Å². The van der Waals surface area contributed by atoms with Crippen molar-refractivity contribution in [3.05, 3.63) is 130 Å². The minimum Gasteiger partial charge on any atom is -0.351 e. The number of rotatable bonds is 10. The number of anilines is 1. The van der Waals surface area contributed by atoms with E-state index in [-0.39, 0.29) is 29.1 Å². The number of para-hydroxylation sites is 1. The van der Waals surface area contributed by atoms with Crippen LogP contribution in [0.5, 0.6) is 0 Å². The van der Waals surface area contributed by atoms with Gasteiger partial charge in [0.2, 0.25) is 5.91 Å². The summed E-state index contributed by atoms with van der Waals surface area (Å²) in [4.78, 5) is 44.2. The molecule has 0 bridgehead atoms. The zero-order valence-electron chi connectivity index (χ0n) is 27.4. The first-order valence-corrected chi connectivity index (χ1v) is 16.3. The van der Waals surface area contributed by atoms with Crippen LogP contribution < -0.4 is 10.6 Å². The van der Waals surface area contributed by atoms with Gasteiger partial charge < -0.3 is 20.4 Å². The van der Waals surface area contributed by atoms with Gasteiger partial charge in [0, 0.05) is 48.6 Å². The van der Waals surface area contributed by atoms with Crippen molar-refractivity contribution in [1.82, 2.24) is 35.3 Å². The number of halogens is 2. The SMILES string of the molecule is CN(C)CCNC(=O)c1ccc(-c2cccc3c2CCN(C(=O)/C=C/c2cc(Cl)c(F)cc2-n2cnnn2)C3C(=O)Nc2ccccc2)cc1. The number of fused-ring (bicyclic) bond motifs is 1. The Kier molecular flexibility index (Phi) is 10.4. The van der Waals surface area contributed by atoms with Crippen LogP contribution in [0.3, 0.4) is 0 Å². The molecule has 13 heteroatoms. The molecular formula is C37H34ClFN8O3. The Labute approximate surface area is 293 Å². The molecule has 50 heavy (non-hydrogen) atoms. The van der Waals surface area contributed by atoms with E-state index in [0.29, 0.717) is 35.3 Å². The third kappa shape index (κ3) is 7.61. The summed E-state index contributed by atoms with van der Waals surface area (Å²) in [7, 11) is 3.89. The molecule has 5 aromatic rings. The first-order valence-electron chi connectivity index (χ1n) is 15.9. The lowest BCUT2D eigenvalue weighted by Gasteiger charge is -2.36. The average Bonchev–Trinajstić information content (AvgIpc) is 3.66. The standard InChI is InChI=1S/C37H34ClFN8O3/c1-45(2)20-18-40-36(49)25-13-11-24(12-14-25)28-9-6-10-30-29(28)17-19-46(35(30)37(50)42-27-7-4-3-5-8-27)34(48)16-15-26-21-31(38)32(39)22-33(26)47-23-41-43-44-47/h3-16,21-23,35H,17-20H2,1-2H3,(H,40,49)(H,42,50)/b16-15+. The van der Waals surface area contributed by atoms with E-state index >= 15 is 0 Å². The largest absolute Gasteiger partial charge is 0.351 e. The van der Waals surface area contributed by atoms with Crippen molar-refractivity contribution in [2.24, 2.45) is 0 Å². The second-order valence-electron chi connectivity index (χ2n) is 12.0. The highest BCUT2D eigenvalue weighted by atomic mass is 35.5. The summed E-state index contributed by atoms with van der Waals surface area (Å²) in [5.74, 6) is -1.62. The van der Waals surface area contributed by atoms with E-state index in [9.17, 15) is 18.8 Å². The average molecular weight is 693 g/mol. The summed E-state index contributed by atoms with van der Waals surface area (Å²) in [6, 6.07) is 23.7. The quantitative estimate of drug-likeness (QED) is 0.193. The zero-order chi connectivity index (χ0) is 35.2. The number of tetrazole rings is 1. The van der Waals surface area contributed by atoms with Gasteiger partial charge in [-0.15, -0.1) is 5.10 Å². The molecule has 2 N–H and O–H groups in total. The van der Waals surface area contributed by atoms with E-state index in [2.05, 4.69) is 26.2 Å². The Morgan fingerprint density at radius 1 is 1.02 bits per heavy atom. The Morgan fingerprint density at radius 2 is 1.80 bits per heavy atom. The van der Waals surface area contributed by atoms with Gasteiger partial charge in [-0.05, 0) is 89.6 Å². The summed E-state index contributed by atoms with van der Waals surface area (Å²) >= 11 is 6.09. The number of nitrogens with zero attached hydrogens (tertiary/aromatic N) is 6. The number of hydrogen-bond donors (Lipinski definition) is 2. The molecule has 0 saturated heterocycles. The highest BCUT2D eigenvalue weighted by Gasteiger charge is 2.36. The van der Waals surface area contributed by atoms with Crippen LogP contribution in [0, 0.1) is 5.82 Å². The van der Waals surface area contributed by atoms with Crippen molar-refractivity contribution in [3.63, 3.8) is 0 Å². The summed E-state index contributed by atoms with van der Waals surface area (Å²) in [6.07, 6.45) is 4.61. The molecule has 1 atom stereocenters. The molecule has 1 aliphatic heterocycles. The maximum Gasteiger partial charge on any atom is 0.251 e. The number of amides is 3. The maximum atomic E-state index is 14.4. The van der Waals surface area contributed by atoms with Crippen LogP contribution in [0.25, 0.3) is 22.9 Å². The molecule has 254 valence electrons. The molecule has 0 saturated carbocycles. The Bertz CT molecular complexity index is 2040. The van der Waals surface area contributed by atoms with Gasteiger partial charge in [-0.3, -0.25) is 14.4 Å². The summed E-state index contributed by atoms with van der Waals surface area (Å²) in [5.41, 5.74) is 5.24. The van der Waals surface area contributed by atoms with Crippen LogP contribution in [0.15, 0.2) is 97.3 Å². The van der Waals surface area contributed by atoms with Crippen molar-refractivity contribution < 1.29 is 18.8 Å². The maximum absolute atomic E-state index is 14.4. The topological polar surface area (TPSA) is 125 Å². The highest BCUT2D eigenvalue weighted by Crippen LogP contribution is 2.37. The zero-order valence-corrected chi connectivity index (χ0v) is 28.1. The van der Waals surface area contributed by atoms with Gasteiger partial charge >= 0.3 is 0 Å². The minimum absolute atomic E-state index is 0.133. The second kappa shape index (κ2) is 15.2. The van der Waals surface area contributed by atoms with Crippen LogP contribution >= 0.6 is 11.6 Å². The molecule has 1 aromatic heterocycles. The van der Waals surface area contributed by atoms with Gasteiger partial charge in [0.05, 0.1) is 10.7 Å². The van der Waals surface area contributed by atoms with Gasteiger partial charge in [0.25, 0.3) is 11.8 Å². The van der Waals surface area contributed by atoms with E-state index in [4.69, 9.17) is 11.6 Å². The second-order valence-corrected chi connectivity index (χ2v) is 12.4. The molecule has 11 nitrogen and oxygen atoms in total. The third-order valence-electron chi connectivity index (χ3n) is 8.37. The van der Waals surface area contributed by atoms with Gasteiger partial charge in [-0.25, -0.2) is 4.39 Å². The van der Waals surface area contributed by atoms with Crippen molar-refractivity contribution >= 4 is 41.1 Å². The third-order valence-corrected chi connectivity index (χ3v) is 8.66. The van der Waals surface area contributed by atoms with Crippen molar-refractivity contribution in [2.45, 2.75) is 12.5 Å².